The van der Waals surface area contributed by atoms with Crippen LogP contribution in [0.1, 0.15) is 138 Å². The van der Waals surface area contributed by atoms with Crippen LogP contribution in [0.3, 0.4) is 0 Å². The van der Waals surface area contributed by atoms with Crippen LogP contribution in [-0.2, 0) is 32.9 Å². The van der Waals surface area contributed by atoms with Crippen molar-refractivity contribution in [1.29, 1.82) is 0 Å². The van der Waals surface area contributed by atoms with Crippen LogP contribution < -0.4 is 0 Å². The molecule has 1 saturated carbocycles. The van der Waals surface area contributed by atoms with Gasteiger partial charge >= 0.3 is 5.97 Å². The highest BCUT2D eigenvalue weighted by molar-refractivity contribution is 6.74. The van der Waals surface area contributed by atoms with Gasteiger partial charge in [0.25, 0.3) is 0 Å². The molecule has 2 heterocycles. The van der Waals surface area contributed by atoms with Crippen molar-refractivity contribution in [2.24, 2.45) is 29.6 Å². The van der Waals surface area contributed by atoms with E-state index in [2.05, 4.69) is 78.9 Å². The van der Waals surface area contributed by atoms with Crippen molar-refractivity contribution in [2.45, 2.75) is 181 Å². The van der Waals surface area contributed by atoms with Gasteiger partial charge in [0, 0.05) is 32.7 Å². The van der Waals surface area contributed by atoms with Gasteiger partial charge in [0.1, 0.15) is 0 Å². The summed E-state index contributed by atoms with van der Waals surface area (Å²) in [6.07, 6.45) is 24.3. The molecule has 0 amide bonds. The van der Waals surface area contributed by atoms with Gasteiger partial charge in [-0.1, -0.05) is 56.2 Å². The van der Waals surface area contributed by atoms with E-state index in [1.807, 2.05) is 0 Å². The lowest BCUT2D eigenvalue weighted by Gasteiger charge is -2.38. The fourth-order valence-corrected chi connectivity index (χ4v) is 9.79. The van der Waals surface area contributed by atoms with Crippen LogP contribution in [0.15, 0.2) is 35.5 Å². The second-order valence-electron chi connectivity index (χ2n) is 18.0. The van der Waals surface area contributed by atoms with E-state index in [4.69, 9.17) is 28.1 Å². The Morgan fingerprint density at radius 2 is 1.71 bits per heavy atom. The fourth-order valence-electron chi connectivity index (χ4n) is 8.74. The fraction of sp³-hybridized carbons (Fsp3) is 0.841. The third kappa shape index (κ3) is 13.5. The van der Waals surface area contributed by atoms with Crippen LogP contribution in [0.2, 0.25) is 18.1 Å². The van der Waals surface area contributed by atoms with Crippen LogP contribution in [0.5, 0.6) is 0 Å². The summed E-state index contributed by atoms with van der Waals surface area (Å²) < 4.78 is 38.3. The molecule has 2 saturated heterocycles. The van der Waals surface area contributed by atoms with Gasteiger partial charge in [0.15, 0.2) is 20.9 Å². The van der Waals surface area contributed by atoms with Crippen LogP contribution in [0, 0.1) is 29.6 Å². The maximum Gasteiger partial charge on any atom is 0.302 e. The first-order chi connectivity index (χ1) is 24.8. The number of allylic oxidation sites excluding steroid dienone is 4. The maximum atomic E-state index is 11.4. The molecule has 4 rings (SSSR count). The standard InChI is InChI=1S/C44H76O7Si/c1-10-18-38(50-41-22-12-15-25-47-41)28-34(21-17-19-32(2)3)43-39-29-36(27-37(39)30-40(43)51-42-23-13-16-26-48-42)35(20-11-14-24-46-33(4)45)31-49-52(8,9)44(5,6)7/h10,18-19,27,34-35,37-43H,11-17,20-26,28-31H2,1-9H3. The molecule has 8 heteroatoms. The summed E-state index contributed by atoms with van der Waals surface area (Å²) in [7, 11) is -1.92. The van der Waals surface area contributed by atoms with E-state index in [1.54, 1.807) is 5.57 Å². The molecule has 4 aliphatic rings. The number of esters is 1. The summed E-state index contributed by atoms with van der Waals surface area (Å²) >= 11 is 0. The molecule has 3 fully saturated rings. The molecule has 2 aliphatic carbocycles. The highest BCUT2D eigenvalue weighted by Gasteiger charge is 2.50. The van der Waals surface area contributed by atoms with Crippen LogP contribution >= 0.6 is 0 Å². The molecule has 52 heavy (non-hydrogen) atoms. The second kappa shape index (κ2) is 21.1. The average Bonchev–Trinajstić information content (AvgIpc) is 3.63. The number of carbonyl (C=O) groups excluding carboxylic acids is 1. The highest BCUT2D eigenvalue weighted by Crippen LogP contribution is 2.54. The van der Waals surface area contributed by atoms with Crippen molar-refractivity contribution in [1.82, 2.24) is 0 Å². The minimum Gasteiger partial charge on any atom is -0.466 e. The van der Waals surface area contributed by atoms with E-state index in [1.165, 1.54) is 25.3 Å². The van der Waals surface area contributed by atoms with Gasteiger partial charge in [-0.25, -0.2) is 0 Å². The minimum absolute atomic E-state index is 0.0206. The Morgan fingerprint density at radius 3 is 2.33 bits per heavy atom. The monoisotopic (exact) mass is 745 g/mol. The third-order valence-corrected chi connectivity index (χ3v) is 17.1. The van der Waals surface area contributed by atoms with E-state index in [9.17, 15) is 4.79 Å². The SMILES string of the molecule is CC=CC(CC(CCC=C(C)C)C1C(OC2CCCCO2)CC2C=C(C(CCCCOC(C)=O)CO[Si](C)(C)C(C)(C)C)CC21)OC1CCCCO1. The molecule has 0 bridgehead atoms. The Labute approximate surface area is 319 Å². The minimum atomic E-state index is -1.92. The molecule has 2 aliphatic heterocycles. The lowest BCUT2D eigenvalue weighted by molar-refractivity contribution is -0.203. The van der Waals surface area contributed by atoms with Gasteiger partial charge in [-0.2, -0.15) is 0 Å². The molecule has 298 valence electrons. The largest absolute Gasteiger partial charge is 0.466 e. The number of hydrogen-bond donors (Lipinski definition) is 0. The number of unbranched alkanes of at least 4 members (excludes halogenated alkanes) is 1. The molecule has 7 nitrogen and oxygen atoms in total. The van der Waals surface area contributed by atoms with Gasteiger partial charge in [0.2, 0.25) is 0 Å². The van der Waals surface area contributed by atoms with Gasteiger partial charge in [-0.3, -0.25) is 4.79 Å². The van der Waals surface area contributed by atoms with Gasteiger partial charge < -0.3 is 28.1 Å². The Kier molecular flexibility index (Phi) is 17.6. The summed E-state index contributed by atoms with van der Waals surface area (Å²) in [6.45, 7) is 22.6. The van der Waals surface area contributed by atoms with Crippen LogP contribution in [0.25, 0.3) is 0 Å². The molecule has 0 aromatic carbocycles. The zero-order valence-corrected chi connectivity index (χ0v) is 35.6. The lowest BCUT2D eigenvalue weighted by atomic mass is 9.74. The van der Waals surface area contributed by atoms with E-state index in [0.29, 0.717) is 36.2 Å². The summed E-state index contributed by atoms with van der Waals surface area (Å²) in [5.74, 6) is 2.09. The summed E-state index contributed by atoms with van der Waals surface area (Å²) in [5, 5.41) is 0.164. The molecule has 0 aromatic heterocycles. The van der Waals surface area contributed by atoms with Crippen molar-refractivity contribution < 1.29 is 32.9 Å². The number of hydrogen-bond acceptors (Lipinski definition) is 7. The number of fused-ring (bicyclic) bond motifs is 1. The van der Waals surface area contributed by atoms with E-state index >= 15 is 0 Å². The normalized spacial score (nSPS) is 28.7. The van der Waals surface area contributed by atoms with Crippen molar-refractivity contribution in [2.75, 3.05) is 26.4 Å². The quantitative estimate of drug-likeness (QED) is 0.0532. The van der Waals surface area contributed by atoms with Crippen molar-refractivity contribution in [3.8, 4) is 0 Å². The van der Waals surface area contributed by atoms with Crippen LogP contribution in [0.4, 0.5) is 0 Å². The Bertz CT molecular complexity index is 1160. The molecular weight excluding hydrogens is 669 g/mol. The highest BCUT2D eigenvalue weighted by atomic mass is 28.4. The maximum absolute atomic E-state index is 11.4. The molecular formula is C44H76O7Si. The van der Waals surface area contributed by atoms with E-state index in [-0.39, 0.29) is 35.8 Å². The van der Waals surface area contributed by atoms with Gasteiger partial charge in [-0.15, -0.1) is 0 Å². The summed E-state index contributed by atoms with van der Waals surface area (Å²) in [4.78, 5) is 11.4. The first kappa shape index (κ1) is 43.4. The summed E-state index contributed by atoms with van der Waals surface area (Å²) in [6, 6.07) is 0. The first-order valence-corrected chi connectivity index (χ1v) is 24.0. The molecule has 0 N–H and O–H groups in total. The van der Waals surface area contributed by atoms with Gasteiger partial charge in [0.05, 0.1) is 18.8 Å². The molecule has 0 spiro atoms. The topological polar surface area (TPSA) is 72.5 Å². The Morgan fingerprint density at radius 1 is 1.00 bits per heavy atom. The number of carbonyl (C=O) groups is 1. The van der Waals surface area contributed by atoms with Gasteiger partial charge in [-0.05, 0) is 152 Å². The predicted octanol–water partition coefficient (Wildman–Crippen LogP) is 11.1. The zero-order valence-electron chi connectivity index (χ0n) is 34.6. The van der Waals surface area contributed by atoms with E-state index < -0.39 is 8.32 Å². The van der Waals surface area contributed by atoms with E-state index in [0.717, 1.165) is 96.9 Å². The van der Waals surface area contributed by atoms with Crippen molar-refractivity contribution in [3.63, 3.8) is 0 Å². The Hall–Kier alpha value is -1.29. The summed E-state index contributed by atoms with van der Waals surface area (Å²) in [5.41, 5.74) is 2.96. The molecule has 9 unspecified atom stereocenters. The average molecular weight is 745 g/mol. The van der Waals surface area contributed by atoms with Crippen LogP contribution in [-0.4, -0.2) is 65.5 Å². The van der Waals surface area contributed by atoms with Crippen molar-refractivity contribution in [3.05, 3.63) is 35.5 Å². The second-order valence-corrected chi connectivity index (χ2v) is 22.8. The number of ether oxygens (including phenoxy) is 5. The molecule has 9 atom stereocenters. The Balaban J connectivity index is 1.60. The van der Waals surface area contributed by atoms with Crippen molar-refractivity contribution >= 4 is 14.3 Å². The lowest BCUT2D eigenvalue weighted by Crippen LogP contribution is -2.42. The third-order valence-electron chi connectivity index (χ3n) is 12.6. The first-order valence-electron chi connectivity index (χ1n) is 21.1. The predicted molar refractivity (Wildman–Crippen MR) is 213 cm³/mol. The molecule has 0 aromatic rings. The smallest absolute Gasteiger partial charge is 0.302 e. The molecule has 0 radical (unpaired) electrons. The zero-order chi connectivity index (χ0) is 37.7. The number of rotatable bonds is 20.